The molecular formula is C15H19N2NaO5. The van der Waals surface area contributed by atoms with Gasteiger partial charge in [0.2, 0.25) is 0 Å². The number of hydrogen-bond donors (Lipinski definition) is 3. The van der Waals surface area contributed by atoms with Crippen LogP contribution in [0.1, 0.15) is 18.4 Å². The van der Waals surface area contributed by atoms with Crippen molar-refractivity contribution in [1.29, 1.82) is 0 Å². The van der Waals surface area contributed by atoms with E-state index in [0.29, 0.717) is 13.0 Å². The summed E-state index contributed by atoms with van der Waals surface area (Å²) < 4.78 is 4.78. The van der Waals surface area contributed by atoms with Crippen LogP contribution in [0.3, 0.4) is 0 Å². The second kappa shape index (κ2) is 9.79. The van der Waals surface area contributed by atoms with Gasteiger partial charge in [0.1, 0.15) is 12.0 Å². The molecular weight excluding hydrogens is 311 g/mol. The Hall–Kier alpha value is -1.25. The minimum atomic E-state index is -1.28. The summed E-state index contributed by atoms with van der Waals surface area (Å²) in [6.45, 7) is 0.693. The van der Waals surface area contributed by atoms with Gasteiger partial charge in [-0.25, -0.2) is 10.3 Å². The summed E-state index contributed by atoms with van der Waals surface area (Å²) in [7, 11) is 0. The van der Waals surface area contributed by atoms with E-state index in [0.717, 1.165) is 12.0 Å². The summed E-state index contributed by atoms with van der Waals surface area (Å²) in [5, 5.41) is 11.7. The quantitative estimate of drug-likeness (QED) is 0.222. The van der Waals surface area contributed by atoms with Crippen LogP contribution in [0.4, 0.5) is 0 Å². The van der Waals surface area contributed by atoms with E-state index in [1.807, 2.05) is 0 Å². The van der Waals surface area contributed by atoms with E-state index in [1.54, 1.807) is 30.3 Å². The number of esters is 2. The molecule has 1 aliphatic heterocycles. The van der Waals surface area contributed by atoms with Gasteiger partial charge in [0.05, 0.1) is 0 Å². The van der Waals surface area contributed by atoms with Crippen LogP contribution >= 0.6 is 0 Å². The van der Waals surface area contributed by atoms with Crippen molar-refractivity contribution in [3.8, 4) is 0 Å². The normalized spacial score (nSPS) is 17.7. The summed E-state index contributed by atoms with van der Waals surface area (Å²) in [5.41, 5.74) is 2.16. The topological polar surface area (TPSA) is 105 Å². The molecule has 1 aromatic rings. The standard InChI is InChI=1S/C15H18N2O5.Na.H/c18-13(17-21)11(9-10-5-2-1-3-6-10)14(19)22-15(20)12-7-4-8-16-12;;/h1-3,5-6,11-12,16,21H,4,7-9H2,(H,17,18);;/t11?,12-;;/m0../s1. The van der Waals surface area contributed by atoms with E-state index in [2.05, 4.69) is 5.32 Å². The monoisotopic (exact) mass is 330 g/mol. The number of carbonyl (C=O) groups is 3. The van der Waals surface area contributed by atoms with Crippen molar-refractivity contribution in [2.45, 2.75) is 25.3 Å². The first-order chi connectivity index (χ1) is 10.6. The molecule has 120 valence electrons. The maximum atomic E-state index is 12.1. The average Bonchev–Trinajstić information content (AvgIpc) is 3.07. The predicted octanol–water partition coefficient (Wildman–Crippen LogP) is -0.476. The fourth-order valence-corrected chi connectivity index (χ4v) is 2.34. The summed E-state index contributed by atoms with van der Waals surface area (Å²) >= 11 is 0. The Morgan fingerprint density at radius 1 is 1.30 bits per heavy atom. The number of amides is 1. The van der Waals surface area contributed by atoms with E-state index in [9.17, 15) is 14.4 Å². The van der Waals surface area contributed by atoms with Gasteiger partial charge in [-0.3, -0.25) is 14.8 Å². The zero-order valence-corrected chi connectivity index (χ0v) is 12.0. The summed E-state index contributed by atoms with van der Waals surface area (Å²) in [6.07, 6.45) is 1.47. The first-order valence-electron chi connectivity index (χ1n) is 7.08. The number of hydrogen-bond acceptors (Lipinski definition) is 6. The maximum absolute atomic E-state index is 12.1. The van der Waals surface area contributed by atoms with E-state index >= 15 is 0 Å². The van der Waals surface area contributed by atoms with Gasteiger partial charge in [-0.2, -0.15) is 0 Å². The molecule has 0 radical (unpaired) electrons. The van der Waals surface area contributed by atoms with Crippen LogP contribution in [-0.2, 0) is 25.5 Å². The van der Waals surface area contributed by atoms with Crippen LogP contribution in [0.15, 0.2) is 30.3 Å². The van der Waals surface area contributed by atoms with Crippen LogP contribution in [0.25, 0.3) is 0 Å². The Bertz CT molecular complexity index is 546. The van der Waals surface area contributed by atoms with Crippen LogP contribution in [0.2, 0.25) is 0 Å². The molecule has 0 saturated carbocycles. The summed E-state index contributed by atoms with van der Waals surface area (Å²) in [6, 6.07) is 8.30. The Labute approximate surface area is 156 Å². The van der Waals surface area contributed by atoms with Crippen LogP contribution in [0, 0.1) is 5.92 Å². The number of carbonyl (C=O) groups excluding carboxylic acids is 3. The molecule has 1 saturated heterocycles. The molecule has 7 nitrogen and oxygen atoms in total. The van der Waals surface area contributed by atoms with Gasteiger partial charge < -0.3 is 10.1 Å². The third-order valence-corrected chi connectivity index (χ3v) is 3.54. The molecule has 3 N–H and O–H groups in total. The second-order valence-corrected chi connectivity index (χ2v) is 5.11. The first-order valence-corrected chi connectivity index (χ1v) is 7.08. The molecule has 1 fully saturated rings. The van der Waals surface area contributed by atoms with Crippen LogP contribution < -0.4 is 10.8 Å². The van der Waals surface area contributed by atoms with Gasteiger partial charge in [0, 0.05) is 0 Å². The Balaban J connectivity index is 0.00000264. The fourth-order valence-electron chi connectivity index (χ4n) is 2.34. The first kappa shape index (κ1) is 19.8. The van der Waals surface area contributed by atoms with E-state index in [1.165, 1.54) is 5.48 Å². The fraction of sp³-hybridized carbons (Fsp3) is 0.400. The molecule has 23 heavy (non-hydrogen) atoms. The van der Waals surface area contributed by atoms with Gasteiger partial charge in [0.15, 0.2) is 0 Å². The zero-order valence-electron chi connectivity index (χ0n) is 12.0. The molecule has 1 unspecified atom stereocenters. The predicted molar refractivity (Wildman–Crippen MR) is 82.8 cm³/mol. The molecule has 1 heterocycles. The summed E-state index contributed by atoms with van der Waals surface area (Å²) in [4.78, 5) is 35.6. The Morgan fingerprint density at radius 3 is 2.57 bits per heavy atom. The van der Waals surface area contributed by atoms with Gasteiger partial charge in [-0.15, -0.1) is 0 Å². The average molecular weight is 330 g/mol. The molecule has 2 atom stereocenters. The molecule has 2 rings (SSSR count). The van der Waals surface area contributed by atoms with Crippen molar-refractivity contribution in [2.24, 2.45) is 5.92 Å². The third kappa shape index (κ3) is 5.71. The molecule has 1 aliphatic rings. The van der Waals surface area contributed by atoms with Gasteiger partial charge in [0.25, 0.3) is 5.91 Å². The molecule has 1 aromatic carbocycles. The van der Waals surface area contributed by atoms with Gasteiger partial charge in [-0.1, -0.05) is 30.3 Å². The third-order valence-electron chi connectivity index (χ3n) is 3.54. The molecule has 8 heteroatoms. The number of ether oxygens (including phenoxy) is 1. The zero-order chi connectivity index (χ0) is 15.9. The van der Waals surface area contributed by atoms with Crippen molar-refractivity contribution < 1.29 is 24.3 Å². The van der Waals surface area contributed by atoms with E-state index < -0.39 is 29.8 Å². The van der Waals surface area contributed by atoms with Crippen molar-refractivity contribution >= 4 is 47.4 Å². The number of nitrogens with one attached hydrogen (secondary N) is 2. The van der Waals surface area contributed by atoms with Gasteiger partial charge >= 0.3 is 41.5 Å². The molecule has 0 aromatic heterocycles. The number of benzene rings is 1. The molecule has 0 spiro atoms. The van der Waals surface area contributed by atoms with Crippen molar-refractivity contribution in [3.63, 3.8) is 0 Å². The molecule has 0 aliphatic carbocycles. The van der Waals surface area contributed by atoms with Crippen molar-refractivity contribution in [1.82, 2.24) is 10.8 Å². The number of hydroxylamine groups is 1. The van der Waals surface area contributed by atoms with Crippen molar-refractivity contribution in [3.05, 3.63) is 35.9 Å². The Morgan fingerprint density at radius 2 is 2.00 bits per heavy atom. The molecule has 0 bridgehead atoms. The van der Waals surface area contributed by atoms with Gasteiger partial charge in [-0.05, 0) is 31.4 Å². The van der Waals surface area contributed by atoms with E-state index in [4.69, 9.17) is 9.94 Å². The molecule has 1 amide bonds. The summed E-state index contributed by atoms with van der Waals surface area (Å²) in [5.74, 6) is -3.83. The SMILES string of the molecule is O=C(NO)C(Cc1ccccc1)C(=O)OC(=O)[C@@H]1CCCN1.[NaH]. The second-order valence-electron chi connectivity index (χ2n) is 5.11. The van der Waals surface area contributed by atoms with Crippen molar-refractivity contribution in [2.75, 3.05) is 6.54 Å². The van der Waals surface area contributed by atoms with Crippen LogP contribution in [-0.4, -0.2) is 65.2 Å². The number of rotatable bonds is 5. The van der Waals surface area contributed by atoms with Crippen LogP contribution in [0.5, 0.6) is 0 Å². The Kier molecular flexibility index (Phi) is 8.43. The van der Waals surface area contributed by atoms with E-state index in [-0.39, 0.29) is 36.0 Å². The minimum absolute atomic E-state index is 0.